The molecule has 1 aliphatic heterocycles. The second-order valence-corrected chi connectivity index (χ2v) is 11.6. The SMILES string of the molecule is COC1(c2cc(F)c(C(=N)/C=C\c3cnc(Nc4cnccc4[C@H]4C[C@@H](N)[C@@H](N(C)C(C)O)[C@@H](C)C4)[nH]3)c(F)c2)COC1. The lowest BCUT2D eigenvalue weighted by molar-refractivity contribution is -0.202. The standard InChI is InChI=1S/C31H39F2N7O3/c1-17-9-19(10-26(35)29(17)40(3)18(2)41)22-7-8-36-14-27(22)39-30-37-13-21(38-30)5-6-25(34)28-23(32)11-20(12-24(28)33)31(42-4)15-43-16-31/h5-8,11-14,17-19,26,29,34,41H,9-10,15-16,35H2,1-4H3,(H2,37,38,39)/b6-5-,34-25?/t17-,18?,19+,26+,29-/m0/s1. The Morgan fingerprint density at radius 1 is 1.30 bits per heavy atom. The molecule has 230 valence electrons. The highest BCUT2D eigenvalue weighted by molar-refractivity contribution is 6.09. The quantitative estimate of drug-likeness (QED) is 0.173. The zero-order chi connectivity index (χ0) is 30.9. The van der Waals surface area contributed by atoms with Gasteiger partial charge >= 0.3 is 0 Å². The molecule has 5 atom stereocenters. The molecule has 0 spiro atoms. The van der Waals surface area contributed by atoms with Gasteiger partial charge in [-0.1, -0.05) is 6.92 Å². The topological polar surface area (TPSA) is 145 Å². The van der Waals surface area contributed by atoms with E-state index in [1.165, 1.54) is 31.4 Å². The summed E-state index contributed by atoms with van der Waals surface area (Å²) in [6.07, 6.45) is 9.00. The van der Waals surface area contributed by atoms with Crippen LogP contribution in [0.4, 0.5) is 20.4 Å². The van der Waals surface area contributed by atoms with Crippen LogP contribution in [-0.4, -0.2) is 76.4 Å². The number of aliphatic hydroxyl groups is 1. The lowest BCUT2D eigenvalue weighted by atomic mass is 9.73. The maximum absolute atomic E-state index is 14.9. The van der Waals surface area contributed by atoms with Crippen molar-refractivity contribution in [3.63, 3.8) is 0 Å². The number of aliphatic hydroxyl groups excluding tert-OH is 1. The Labute approximate surface area is 249 Å². The Hall–Kier alpha value is -3.55. The number of aromatic amines is 1. The van der Waals surface area contributed by atoms with Gasteiger partial charge in [0.15, 0.2) is 0 Å². The van der Waals surface area contributed by atoms with E-state index in [1.807, 2.05) is 18.0 Å². The maximum atomic E-state index is 14.9. The summed E-state index contributed by atoms with van der Waals surface area (Å²) in [5, 5.41) is 21.7. The van der Waals surface area contributed by atoms with Crippen LogP contribution < -0.4 is 11.1 Å². The minimum atomic E-state index is -0.870. The molecular weight excluding hydrogens is 556 g/mol. The largest absolute Gasteiger partial charge is 0.379 e. The van der Waals surface area contributed by atoms with Crippen molar-refractivity contribution in [1.29, 1.82) is 5.41 Å². The number of H-pyrrole nitrogens is 1. The molecule has 1 saturated heterocycles. The first-order valence-corrected chi connectivity index (χ1v) is 14.3. The van der Waals surface area contributed by atoms with Gasteiger partial charge in [0.2, 0.25) is 5.95 Å². The van der Waals surface area contributed by atoms with Crippen molar-refractivity contribution < 1.29 is 23.4 Å². The molecule has 3 heterocycles. The molecule has 1 saturated carbocycles. The van der Waals surface area contributed by atoms with Crippen molar-refractivity contribution in [3.05, 3.63) is 76.9 Å². The lowest BCUT2D eigenvalue weighted by Crippen LogP contribution is -2.55. The van der Waals surface area contributed by atoms with E-state index in [2.05, 4.69) is 27.2 Å². The third kappa shape index (κ3) is 6.24. The van der Waals surface area contributed by atoms with Gasteiger partial charge in [0.05, 0.1) is 48.3 Å². The van der Waals surface area contributed by atoms with E-state index in [0.717, 1.165) is 24.1 Å². The Bertz CT molecular complexity index is 1450. The van der Waals surface area contributed by atoms with Crippen LogP contribution in [0.25, 0.3) is 6.08 Å². The molecule has 10 nitrogen and oxygen atoms in total. The number of halogens is 2. The summed E-state index contributed by atoms with van der Waals surface area (Å²) in [6.45, 7) is 4.34. The number of likely N-dealkylation sites (N-methyl/N-ethyl adjacent to an activating group) is 1. The number of imidazole rings is 1. The fraction of sp³-hybridized carbons (Fsp3) is 0.452. The Morgan fingerprint density at radius 3 is 2.63 bits per heavy atom. The molecule has 0 amide bonds. The van der Waals surface area contributed by atoms with E-state index in [-0.39, 0.29) is 42.8 Å². The smallest absolute Gasteiger partial charge is 0.205 e. The van der Waals surface area contributed by atoms with Crippen molar-refractivity contribution in [3.8, 4) is 0 Å². The maximum Gasteiger partial charge on any atom is 0.205 e. The summed E-state index contributed by atoms with van der Waals surface area (Å²) in [5.74, 6) is -0.774. The number of hydrogen-bond donors (Lipinski definition) is 5. The minimum absolute atomic E-state index is 0.0758. The number of methoxy groups -OCH3 is 1. The molecule has 12 heteroatoms. The normalized spacial score (nSPS) is 24.2. The van der Waals surface area contributed by atoms with Gasteiger partial charge in [-0.3, -0.25) is 9.88 Å². The summed E-state index contributed by atoms with van der Waals surface area (Å²) in [6, 6.07) is 4.34. The number of ether oxygens (including phenoxy) is 2. The van der Waals surface area contributed by atoms with Gasteiger partial charge in [-0.2, -0.15) is 0 Å². The van der Waals surface area contributed by atoms with Gasteiger partial charge in [0.1, 0.15) is 23.5 Å². The van der Waals surface area contributed by atoms with Crippen molar-refractivity contribution >= 4 is 23.4 Å². The van der Waals surface area contributed by atoms with Crippen LogP contribution in [0.5, 0.6) is 0 Å². The van der Waals surface area contributed by atoms with Gasteiger partial charge < -0.3 is 36.0 Å². The first-order valence-electron chi connectivity index (χ1n) is 14.3. The third-order valence-corrected chi connectivity index (χ3v) is 8.77. The van der Waals surface area contributed by atoms with Crippen LogP contribution in [0.1, 0.15) is 55.0 Å². The molecule has 1 aromatic carbocycles. The lowest BCUT2D eigenvalue weighted by Gasteiger charge is -2.45. The molecule has 43 heavy (non-hydrogen) atoms. The van der Waals surface area contributed by atoms with Crippen molar-refractivity contribution in [2.75, 3.05) is 32.7 Å². The average molecular weight is 596 g/mol. The molecule has 1 unspecified atom stereocenters. The van der Waals surface area contributed by atoms with Gasteiger partial charge in [0.25, 0.3) is 0 Å². The first kappa shape index (κ1) is 30.9. The number of allylic oxidation sites excluding steroid dienone is 1. The summed E-state index contributed by atoms with van der Waals surface area (Å²) >= 11 is 0. The fourth-order valence-electron chi connectivity index (χ4n) is 6.30. The van der Waals surface area contributed by atoms with Gasteiger partial charge in [-0.15, -0.1) is 0 Å². The highest BCUT2D eigenvalue weighted by Crippen LogP contribution is 2.40. The second kappa shape index (κ2) is 12.6. The number of nitrogens with one attached hydrogen (secondary N) is 3. The molecule has 1 aliphatic carbocycles. The minimum Gasteiger partial charge on any atom is -0.379 e. The van der Waals surface area contributed by atoms with Crippen LogP contribution in [0.2, 0.25) is 0 Å². The van der Waals surface area contributed by atoms with Crippen molar-refractivity contribution in [1.82, 2.24) is 19.9 Å². The summed E-state index contributed by atoms with van der Waals surface area (Å²) in [4.78, 5) is 13.7. The predicted octanol–water partition coefficient (Wildman–Crippen LogP) is 4.26. The first-order chi connectivity index (χ1) is 20.5. The summed E-state index contributed by atoms with van der Waals surface area (Å²) < 4.78 is 40.5. The molecule has 3 aromatic rings. The van der Waals surface area contributed by atoms with Crippen LogP contribution in [0.15, 0.2) is 42.9 Å². The number of benzene rings is 1. The monoisotopic (exact) mass is 595 g/mol. The number of aromatic nitrogens is 3. The van der Waals surface area contributed by atoms with Crippen LogP contribution >= 0.6 is 0 Å². The summed E-state index contributed by atoms with van der Waals surface area (Å²) in [7, 11) is 3.38. The number of rotatable bonds is 10. The Balaban J connectivity index is 1.27. The van der Waals surface area contributed by atoms with E-state index in [4.69, 9.17) is 20.6 Å². The predicted molar refractivity (Wildman–Crippen MR) is 160 cm³/mol. The zero-order valence-electron chi connectivity index (χ0n) is 24.8. The van der Waals surface area contributed by atoms with Gasteiger partial charge in [0, 0.05) is 25.4 Å². The van der Waals surface area contributed by atoms with E-state index in [1.54, 1.807) is 25.5 Å². The Morgan fingerprint density at radius 2 is 2.02 bits per heavy atom. The zero-order valence-corrected chi connectivity index (χ0v) is 24.8. The molecule has 2 fully saturated rings. The third-order valence-electron chi connectivity index (χ3n) is 8.77. The van der Waals surface area contributed by atoms with Crippen molar-refractivity contribution in [2.24, 2.45) is 11.7 Å². The summed E-state index contributed by atoms with van der Waals surface area (Å²) in [5.41, 5.74) is 7.74. The second-order valence-electron chi connectivity index (χ2n) is 11.6. The average Bonchev–Trinajstić information content (AvgIpc) is 3.38. The fourth-order valence-corrected chi connectivity index (χ4v) is 6.30. The molecule has 0 bridgehead atoms. The molecule has 5 rings (SSSR count). The van der Waals surface area contributed by atoms with Crippen LogP contribution in [0.3, 0.4) is 0 Å². The molecular formula is C31H39F2N7O3. The van der Waals surface area contributed by atoms with E-state index < -0.39 is 29.0 Å². The number of pyridine rings is 1. The molecule has 6 N–H and O–H groups in total. The highest BCUT2D eigenvalue weighted by Gasteiger charge is 2.42. The number of nitrogens with zero attached hydrogens (tertiary/aromatic N) is 3. The van der Waals surface area contributed by atoms with Gasteiger partial charge in [-0.05, 0) is 80.1 Å². The Kier molecular flexibility index (Phi) is 9.04. The van der Waals surface area contributed by atoms with Gasteiger partial charge in [-0.25, -0.2) is 13.8 Å². The number of anilines is 2. The van der Waals surface area contributed by atoms with Crippen LogP contribution in [-0.2, 0) is 15.1 Å². The molecule has 0 radical (unpaired) electrons. The number of nitrogens with two attached hydrogens (primary N) is 1. The molecule has 2 aliphatic rings. The highest BCUT2D eigenvalue weighted by atomic mass is 19.1. The van der Waals surface area contributed by atoms with E-state index in [9.17, 15) is 13.9 Å². The number of hydrogen-bond acceptors (Lipinski definition) is 9. The van der Waals surface area contributed by atoms with E-state index in [0.29, 0.717) is 17.2 Å². The van der Waals surface area contributed by atoms with Crippen LogP contribution in [0, 0.1) is 23.0 Å². The molecule has 2 aromatic heterocycles. The van der Waals surface area contributed by atoms with E-state index >= 15 is 0 Å². The van der Waals surface area contributed by atoms with Crippen molar-refractivity contribution in [2.45, 2.75) is 56.5 Å².